The number of benzene rings is 1. The summed E-state index contributed by atoms with van der Waals surface area (Å²) in [5.41, 5.74) is 2.62. The van der Waals surface area contributed by atoms with Gasteiger partial charge in [0.25, 0.3) is 0 Å². The molecule has 2 rings (SSSR count). The normalized spacial score (nSPS) is 23.2. The molecular formula is C20H33P. The van der Waals surface area contributed by atoms with Crippen LogP contribution in [0.25, 0.3) is 0 Å². The molecule has 1 aliphatic rings. The summed E-state index contributed by atoms with van der Waals surface area (Å²) in [4.78, 5) is 0. The van der Waals surface area contributed by atoms with Gasteiger partial charge in [0.15, 0.2) is 0 Å². The lowest BCUT2D eigenvalue weighted by atomic mass is 9.84. The molecule has 0 atom stereocenters. The van der Waals surface area contributed by atoms with Crippen molar-refractivity contribution < 1.29 is 0 Å². The van der Waals surface area contributed by atoms with Gasteiger partial charge in [0.05, 0.1) is 0 Å². The van der Waals surface area contributed by atoms with E-state index < -0.39 is 0 Å². The molecule has 1 heteroatoms. The van der Waals surface area contributed by atoms with Crippen LogP contribution in [0.2, 0.25) is 0 Å². The Morgan fingerprint density at radius 3 is 1.86 bits per heavy atom. The van der Waals surface area contributed by atoms with Crippen LogP contribution >= 0.6 is 7.92 Å². The Bertz CT molecular complexity index is 378. The maximum Gasteiger partial charge on any atom is -0.0162 e. The zero-order chi connectivity index (χ0) is 15.2. The average molecular weight is 304 g/mol. The summed E-state index contributed by atoms with van der Waals surface area (Å²) in [6.07, 6.45) is 8.78. The third kappa shape index (κ3) is 5.41. The molecule has 0 radical (unpaired) electrons. The zero-order valence-electron chi connectivity index (χ0n) is 14.4. The van der Waals surface area contributed by atoms with E-state index in [-0.39, 0.29) is 7.92 Å². The summed E-state index contributed by atoms with van der Waals surface area (Å²) in [6.45, 7) is 9.63. The van der Waals surface area contributed by atoms with E-state index in [2.05, 4.69) is 58.0 Å². The molecule has 1 aromatic carbocycles. The van der Waals surface area contributed by atoms with Crippen LogP contribution in [0, 0.1) is 11.8 Å². The van der Waals surface area contributed by atoms with E-state index in [9.17, 15) is 0 Å². The minimum Gasteiger partial charge on any atom is -0.103 e. The second-order valence-corrected chi connectivity index (χ2v) is 10.3. The van der Waals surface area contributed by atoms with E-state index in [0.717, 1.165) is 23.4 Å². The Kier molecular flexibility index (Phi) is 6.74. The minimum atomic E-state index is 0.254. The fourth-order valence-corrected chi connectivity index (χ4v) is 7.46. The fourth-order valence-electron chi connectivity index (χ4n) is 3.81. The molecule has 21 heavy (non-hydrogen) atoms. The Morgan fingerprint density at radius 1 is 0.857 bits per heavy atom. The van der Waals surface area contributed by atoms with Crippen LogP contribution in [0.15, 0.2) is 30.3 Å². The smallest absolute Gasteiger partial charge is 0.0162 e. The van der Waals surface area contributed by atoms with Gasteiger partial charge >= 0.3 is 0 Å². The van der Waals surface area contributed by atoms with E-state index in [1.165, 1.54) is 38.0 Å². The van der Waals surface area contributed by atoms with E-state index in [1.807, 2.05) is 0 Å². The highest BCUT2D eigenvalue weighted by Crippen LogP contribution is 2.52. The van der Waals surface area contributed by atoms with Crippen molar-refractivity contribution in [3.63, 3.8) is 0 Å². The summed E-state index contributed by atoms with van der Waals surface area (Å²) in [6, 6.07) is 11.2. The zero-order valence-corrected chi connectivity index (χ0v) is 15.3. The maximum atomic E-state index is 2.41. The first-order valence-electron chi connectivity index (χ1n) is 8.85. The monoisotopic (exact) mass is 304 g/mol. The fraction of sp³-hybridized carbons (Fsp3) is 0.700. The molecule has 0 heterocycles. The van der Waals surface area contributed by atoms with Gasteiger partial charge in [-0.05, 0) is 67.0 Å². The Labute approximate surface area is 133 Å². The predicted molar refractivity (Wildman–Crippen MR) is 97.8 cm³/mol. The molecule has 0 aliphatic heterocycles. The summed E-state index contributed by atoms with van der Waals surface area (Å²) in [5, 5.41) is 0. The van der Waals surface area contributed by atoms with Crippen molar-refractivity contribution in [2.45, 2.75) is 65.0 Å². The quantitative estimate of drug-likeness (QED) is 0.526. The molecular weight excluding hydrogens is 271 g/mol. The van der Waals surface area contributed by atoms with Crippen LogP contribution in [-0.2, 0) is 0 Å². The van der Waals surface area contributed by atoms with Crippen LogP contribution in [0.5, 0.6) is 0 Å². The molecule has 0 saturated heterocycles. The lowest BCUT2D eigenvalue weighted by Gasteiger charge is -2.36. The van der Waals surface area contributed by atoms with Crippen LogP contribution in [0.1, 0.15) is 64.9 Å². The summed E-state index contributed by atoms with van der Waals surface area (Å²) < 4.78 is 0. The molecule has 0 spiro atoms. The highest BCUT2D eigenvalue weighted by atomic mass is 31.1. The van der Waals surface area contributed by atoms with Crippen molar-refractivity contribution in [1.29, 1.82) is 0 Å². The molecule has 0 unspecified atom stereocenters. The van der Waals surface area contributed by atoms with Gasteiger partial charge in [0.1, 0.15) is 0 Å². The van der Waals surface area contributed by atoms with Gasteiger partial charge in [-0.25, -0.2) is 0 Å². The highest BCUT2D eigenvalue weighted by Gasteiger charge is 2.28. The predicted octanol–water partition coefficient (Wildman–Crippen LogP) is 6.51. The molecule has 1 fully saturated rings. The van der Waals surface area contributed by atoms with Crippen molar-refractivity contribution in [3.05, 3.63) is 35.9 Å². The first kappa shape index (κ1) is 17.0. The lowest BCUT2D eigenvalue weighted by molar-refractivity contribution is 0.447. The van der Waals surface area contributed by atoms with Crippen molar-refractivity contribution in [1.82, 2.24) is 0 Å². The van der Waals surface area contributed by atoms with Crippen LogP contribution in [0.3, 0.4) is 0 Å². The SMILES string of the molecule is CC(C)CP(CC(C)C)C1CCC(c2ccccc2)CC1. The molecule has 0 aromatic heterocycles. The summed E-state index contributed by atoms with van der Waals surface area (Å²) in [7, 11) is 0.254. The molecule has 0 nitrogen and oxygen atoms in total. The molecule has 0 amide bonds. The second-order valence-electron chi connectivity index (χ2n) is 7.66. The highest BCUT2D eigenvalue weighted by molar-refractivity contribution is 7.58. The van der Waals surface area contributed by atoms with Crippen LogP contribution in [-0.4, -0.2) is 18.0 Å². The Hall–Kier alpha value is -0.350. The number of rotatable bonds is 6. The second kappa shape index (κ2) is 8.33. The number of hydrogen-bond acceptors (Lipinski definition) is 0. The number of hydrogen-bond donors (Lipinski definition) is 0. The van der Waals surface area contributed by atoms with E-state index in [0.29, 0.717) is 0 Å². The van der Waals surface area contributed by atoms with Crippen molar-refractivity contribution in [2.75, 3.05) is 12.3 Å². The van der Waals surface area contributed by atoms with Gasteiger partial charge in [0, 0.05) is 0 Å². The molecule has 0 bridgehead atoms. The van der Waals surface area contributed by atoms with Gasteiger partial charge in [-0.15, -0.1) is 7.92 Å². The largest absolute Gasteiger partial charge is 0.103 e. The Balaban J connectivity index is 1.91. The molecule has 118 valence electrons. The standard InChI is InChI=1S/C20H33P/c1-16(2)14-21(15-17(3)4)20-12-10-19(11-13-20)18-8-6-5-7-9-18/h5-9,16-17,19-20H,10-15H2,1-4H3. The lowest BCUT2D eigenvalue weighted by Crippen LogP contribution is -2.20. The van der Waals surface area contributed by atoms with E-state index in [1.54, 1.807) is 5.56 Å². The topological polar surface area (TPSA) is 0 Å². The van der Waals surface area contributed by atoms with Crippen LogP contribution < -0.4 is 0 Å². The molecule has 0 N–H and O–H groups in total. The first-order chi connectivity index (χ1) is 10.1. The van der Waals surface area contributed by atoms with Crippen molar-refractivity contribution in [2.24, 2.45) is 11.8 Å². The molecule has 1 aliphatic carbocycles. The first-order valence-corrected chi connectivity index (χ1v) is 10.6. The maximum absolute atomic E-state index is 2.41. The molecule has 1 aromatic rings. The van der Waals surface area contributed by atoms with Crippen LogP contribution in [0.4, 0.5) is 0 Å². The van der Waals surface area contributed by atoms with Gasteiger partial charge in [-0.1, -0.05) is 58.0 Å². The third-order valence-corrected chi connectivity index (χ3v) is 8.63. The summed E-state index contributed by atoms with van der Waals surface area (Å²) >= 11 is 0. The van der Waals surface area contributed by atoms with Gasteiger partial charge < -0.3 is 0 Å². The third-order valence-electron chi connectivity index (χ3n) is 4.68. The van der Waals surface area contributed by atoms with E-state index in [4.69, 9.17) is 0 Å². The van der Waals surface area contributed by atoms with Gasteiger partial charge in [0.2, 0.25) is 0 Å². The van der Waals surface area contributed by atoms with E-state index >= 15 is 0 Å². The van der Waals surface area contributed by atoms with Gasteiger partial charge in [-0.2, -0.15) is 0 Å². The summed E-state index contributed by atoms with van der Waals surface area (Å²) in [5.74, 6) is 2.58. The van der Waals surface area contributed by atoms with Crippen molar-refractivity contribution >= 4 is 7.92 Å². The molecule has 1 saturated carbocycles. The van der Waals surface area contributed by atoms with Crippen molar-refractivity contribution in [3.8, 4) is 0 Å². The Morgan fingerprint density at radius 2 is 1.38 bits per heavy atom. The minimum absolute atomic E-state index is 0.254. The van der Waals surface area contributed by atoms with Gasteiger partial charge in [-0.3, -0.25) is 0 Å². The average Bonchev–Trinajstić information content (AvgIpc) is 2.47.